The third-order valence-corrected chi connectivity index (χ3v) is 2.80. The third kappa shape index (κ3) is 3.15. The summed E-state index contributed by atoms with van der Waals surface area (Å²) in [5.74, 6) is 0.685. The first-order chi connectivity index (χ1) is 6.77. The van der Waals surface area contributed by atoms with Crippen molar-refractivity contribution in [2.24, 2.45) is 0 Å². The molecule has 0 bridgehead atoms. The van der Waals surface area contributed by atoms with E-state index < -0.39 is 0 Å². The van der Waals surface area contributed by atoms with Crippen LogP contribution in [0.25, 0.3) is 0 Å². The Morgan fingerprint density at radius 3 is 2.79 bits per heavy atom. The first-order valence-corrected chi connectivity index (χ1v) is 5.51. The molecule has 0 aliphatic carbocycles. The Hall–Kier alpha value is -0.820. The van der Waals surface area contributed by atoms with Crippen LogP contribution in [0.2, 0.25) is 0 Å². The van der Waals surface area contributed by atoms with E-state index in [2.05, 4.69) is 43.4 Å². The van der Waals surface area contributed by atoms with Gasteiger partial charge in [-0.05, 0) is 43.5 Å². The zero-order chi connectivity index (χ0) is 10.4. The Balaban J connectivity index is 2.68. The molecule has 1 N–H and O–H groups in total. The summed E-state index contributed by atoms with van der Waals surface area (Å²) in [5.41, 5.74) is 2.92. The molecule has 1 atom stereocenters. The number of benzene rings is 1. The number of likely N-dealkylation sites (N-methyl/N-ethyl adjacent to an activating group) is 1. The fourth-order valence-electron chi connectivity index (χ4n) is 1.56. The lowest BCUT2D eigenvalue weighted by atomic mass is 9.96. The van der Waals surface area contributed by atoms with Crippen molar-refractivity contribution in [1.29, 1.82) is 0 Å². The molecule has 1 aromatic rings. The summed E-state index contributed by atoms with van der Waals surface area (Å²) in [6, 6.07) is 8.96. The van der Waals surface area contributed by atoms with Gasteiger partial charge in [-0.3, -0.25) is 0 Å². The van der Waals surface area contributed by atoms with Gasteiger partial charge in [-0.1, -0.05) is 38.1 Å². The van der Waals surface area contributed by atoms with E-state index in [1.165, 1.54) is 17.5 Å². The number of hydrogen-bond donors (Lipinski definition) is 1. The molecule has 0 radical (unpaired) electrons. The predicted molar refractivity (Wildman–Crippen MR) is 62.8 cm³/mol. The highest BCUT2D eigenvalue weighted by atomic mass is 14.8. The first kappa shape index (κ1) is 11.3. The Morgan fingerprint density at radius 1 is 1.36 bits per heavy atom. The summed E-state index contributed by atoms with van der Waals surface area (Å²) in [6.07, 6.45) is 2.34. The second kappa shape index (κ2) is 5.82. The van der Waals surface area contributed by atoms with Crippen molar-refractivity contribution in [1.82, 2.24) is 5.32 Å². The molecule has 1 aromatic carbocycles. The van der Waals surface area contributed by atoms with Crippen LogP contribution in [0, 0.1) is 0 Å². The lowest BCUT2D eigenvalue weighted by Crippen LogP contribution is -2.10. The van der Waals surface area contributed by atoms with Crippen LogP contribution in [0.15, 0.2) is 24.3 Å². The van der Waals surface area contributed by atoms with E-state index in [-0.39, 0.29) is 0 Å². The quantitative estimate of drug-likeness (QED) is 0.754. The maximum absolute atomic E-state index is 3.18. The normalized spacial score (nSPS) is 12.8. The summed E-state index contributed by atoms with van der Waals surface area (Å²) in [6.45, 7) is 5.59. The molecule has 0 saturated heterocycles. The summed E-state index contributed by atoms with van der Waals surface area (Å²) in [5, 5.41) is 3.18. The maximum atomic E-state index is 3.18. The topological polar surface area (TPSA) is 12.0 Å². The Bertz CT molecular complexity index is 268. The van der Waals surface area contributed by atoms with Crippen LogP contribution in [0.4, 0.5) is 0 Å². The summed E-state index contributed by atoms with van der Waals surface area (Å²) >= 11 is 0. The first-order valence-electron chi connectivity index (χ1n) is 5.51. The highest BCUT2D eigenvalue weighted by Crippen LogP contribution is 2.19. The molecule has 0 spiro atoms. The van der Waals surface area contributed by atoms with Crippen molar-refractivity contribution in [3.63, 3.8) is 0 Å². The maximum Gasteiger partial charge on any atom is -0.00114 e. The van der Waals surface area contributed by atoms with Crippen molar-refractivity contribution in [2.75, 3.05) is 13.6 Å². The van der Waals surface area contributed by atoms with Gasteiger partial charge in [-0.15, -0.1) is 0 Å². The molecule has 0 fully saturated rings. The summed E-state index contributed by atoms with van der Waals surface area (Å²) < 4.78 is 0. The average Bonchev–Trinajstić information content (AvgIpc) is 2.25. The van der Waals surface area contributed by atoms with Crippen LogP contribution in [-0.2, 0) is 6.42 Å². The number of nitrogens with one attached hydrogen (secondary N) is 1. The van der Waals surface area contributed by atoms with E-state index in [0.717, 1.165) is 13.0 Å². The van der Waals surface area contributed by atoms with E-state index in [4.69, 9.17) is 0 Å². The van der Waals surface area contributed by atoms with Crippen LogP contribution in [-0.4, -0.2) is 13.6 Å². The fraction of sp³-hybridized carbons (Fsp3) is 0.538. The summed E-state index contributed by atoms with van der Waals surface area (Å²) in [4.78, 5) is 0. The Morgan fingerprint density at radius 2 is 2.14 bits per heavy atom. The zero-order valence-corrected chi connectivity index (χ0v) is 9.51. The lowest BCUT2D eigenvalue weighted by Gasteiger charge is -2.10. The van der Waals surface area contributed by atoms with Crippen molar-refractivity contribution >= 4 is 0 Å². The minimum Gasteiger partial charge on any atom is -0.319 e. The monoisotopic (exact) mass is 191 g/mol. The number of rotatable bonds is 5. The fourth-order valence-corrected chi connectivity index (χ4v) is 1.56. The molecule has 0 amide bonds. The van der Waals surface area contributed by atoms with Crippen molar-refractivity contribution in [2.45, 2.75) is 32.6 Å². The largest absolute Gasteiger partial charge is 0.319 e. The summed E-state index contributed by atoms with van der Waals surface area (Å²) in [7, 11) is 2.00. The zero-order valence-electron chi connectivity index (χ0n) is 9.51. The highest BCUT2D eigenvalue weighted by molar-refractivity contribution is 5.26. The van der Waals surface area contributed by atoms with E-state index >= 15 is 0 Å². The van der Waals surface area contributed by atoms with Crippen LogP contribution >= 0.6 is 0 Å². The molecule has 0 aromatic heterocycles. The van der Waals surface area contributed by atoms with E-state index in [9.17, 15) is 0 Å². The number of hydrogen-bond acceptors (Lipinski definition) is 1. The average molecular weight is 191 g/mol. The SMILES string of the molecule is CCC(C)c1cccc(CCNC)c1. The molecule has 0 saturated carbocycles. The van der Waals surface area contributed by atoms with Crippen molar-refractivity contribution in [3.8, 4) is 0 Å². The second-order valence-corrected chi connectivity index (χ2v) is 3.91. The van der Waals surface area contributed by atoms with Crippen molar-refractivity contribution < 1.29 is 0 Å². The van der Waals surface area contributed by atoms with Gasteiger partial charge >= 0.3 is 0 Å². The van der Waals surface area contributed by atoms with Crippen LogP contribution < -0.4 is 5.32 Å². The predicted octanol–water partition coefficient (Wildman–Crippen LogP) is 2.96. The molecule has 0 heterocycles. The van der Waals surface area contributed by atoms with Gasteiger partial charge in [0.1, 0.15) is 0 Å². The highest BCUT2D eigenvalue weighted by Gasteiger charge is 2.02. The van der Waals surface area contributed by atoms with Crippen molar-refractivity contribution in [3.05, 3.63) is 35.4 Å². The molecule has 0 aliphatic heterocycles. The van der Waals surface area contributed by atoms with Gasteiger partial charge in [0.25, 0.3) is 0 Å². The molecule has 1 rings (SSSR count). The van der Waals surface area contributed by atoms with Crippen LogP contribution in [0.1, 0.15) is 37.3 Å². The van der Waals surface area contributed by atoms with E-state index in [1.54, 1.807) is 0 Å². The molecular weight excluding hydrogens is 170 g/mol. The van der Waals surface area contributed by atoms with Gasteiger partial charge in [0.05, 0.1) is 0 Å². The molecule has 1 unspecified atom stereocenters. The van der Waals surface area contributed by atoms with Gasteiger partial charge in [0.15, 0.2) is 0 Å². The van der Waals surface area contributed by atoms with E-state index in [0.29, 0.717) is 5.92 Å². The van der Waals surface area contributed by atoms with Gasteiger partial charge < -0.3 is 5.32 Å². The minimum absolute atomic E-state index is 0.685. The van der Waals surface area contributed by atoms with Gasteiger partial charge in [0, 0.05) is 0 Å². The minimum atomic E-state index is 0.685. The standard InChI is InChI=1S/C13H21N/c1-4-11(2)13-7-5-6-12(10-13)8-9-14-3/h5-7,10-11,14H,4,8-9H2,1-3H3. The lowest BCUT2D eigenvalue weighted by molar-refractivity contribution is 0.729. The molecule has 14 heavy (non-hydrogen) atoms. The molecular formula is C13H21N. The van der Waals surface area contributed by atoms with E-state index in [1.807, 2.05) is 7.05 Å². The molecule has 1 heteroatoms. The van der Waals surface area contributed by atoms with Crippen LogP contribution in [0.5, 0.6) is 0 Å². The van der Waals surface area contributed by atoms with Gasteiger partial charge in [-0.2, -0.15) is 0 Å². The molecule has 0 aliphatic rings. The second-order valence-electron chi connectivity index (χ2n) is 3.91. The van der Waals surface area contributed by atoms with Gasteiger partial charge in [-0.25, -0.2) is 0 Å². The molecule has 78 valence electrons. The Kier molecular flexibility index (Phi) is 4.68. The molecule has 1 nitrogen and oxygen atoms in total. The third-order valence-electron chi connectivity index (χ3n) is 2.80. The Labute approximate surface area is 87.5 Å². The smallest absolute Gasteiger partial charge is 0.00114 e. The van der Waals surface area contributed by atoms with Crippen LogP contribution in [0.3, 0.4) is 0 Å². The van der Waals surface area contributed by atoms with Gasteiger partial charge in [0.2, 0.25) is 0 Å².